The van der Waals surface area contributed by atoms with Crippen LogP contribution in [0.5, 0.6) is 0 Å². The highest BCUT2D eigenvalue weighted by molar-refractivity contribution is 7.99. The van der Waals surface area contributed by atoms with Gasteiger partial charge in [-0.2, -0.15) is 8.78 Å². The molecular formula is C18H13F2N3O3S2. The monoisotopic (exact) mass is 421 g/mol. The molecule has 1 amide bonds. The zero-order chi connectivity index (χ0) is 20.1. The standard InChI is InChI=1S/C18H13F2N3O3S2/c19-17(20)27-14-6-4-11(5-7-14)8-15-10-21-18(28-15)22-16(24)12-2-1-3-13(9-12)23(25)26/h1-7,9-10,17H,8H2,(H,21,22,24). The molecule has 2 aromatic carbocycles. The average molecular weight is 421 g/mol. The summed E-state index contributed by atoms with van der Waals surface area (Å²) in [5.74, 6) is -2.94. The minimum Gasteiger partial charge on any atom is -0.298 e. The van der Waals surface area contributed by atoms with E-state index in [-0.39, 0.29) is 11.3 Å². The second-order valence-electron chi connectivity index (χ2n) is 5.59. The first-order valence-corrected chi connectivity index (χ1v) is 9.64. The van der Waals surface area contributed by atoms with Gasteiger partial charge in [-0.25, -0.2) is 4.98 Å². The van der Waals surface area contributed by atoms with E-state index in [4.69, 9.17) is 0 Å². The summed E-state index contributed by atoms with van der Waals surface area (Å²) in [4.78, 5) is 28.0. The summed E-state index contributed by atoms with van der Waals surface area (Å²) in [6.45, 7) is 0. The molecule has 1 aromatic heterocycles. The SMILES string of the molecule is O=C(Nc1ncc(Cc2ccc(SC(F)F)cc2)s1)c1cccc([N+](=O)[O-])c1. The number of alkyl halides is 2. The van der Waals surface area contributed by atoms with Gasteiger partial charge in [-0.15, -0.1) is 11.3 Å². The van der Waals surface area contributed by atoms with Crippen molar-refractivity contribution in [2.45, 2.75) is 17.1 Å². The molecule has 0 fully saturated rings. The molecule has 1 N–H and O–H groups in total. The van der Waals surface area contributed by atoms with Crippen molar-refractivity contribution < 1.29 is 18.5 Å². The average Bonchev–Trinajstić information content (AvgIpc) is 3.09. The summed E-state index contributed by atoms with van der Waals surface area (Å²) in [6, 6.07) is 12.2. The number of amides is 1. The summed E-state index contributed by atoms with van der Waals surface area (Å²) in [5.41, 5.74) is 0.929. The Morgan fingerprint density at radius 1 is 1.25 bits per heavy atom. The first-order valence-electron chi connectivity index (χ1n) is 7.95. The van der Waals surface area contributed by atoms with Gasteiger partial charge >= 0.3 is 0 Å². The first-order chi connectivity index (χ1) is 13.4. The molecule has 0 radical (unpaired) electrons. The van der Waals surface area contributed by atoms with E-state index in [0.29, 0.717) is 28.2 Å². The van der Waals surface area contributed by atoms with Gasteiger partial charge < -0.3 is 0 Å². The molecule has 0 aliphatic carbocycles. The number of non-ortho nitro benzene ring substituents is 1. The number of nitro groups is 1. The summed E-state index contributed by atoms with van der Waals surface area (Å²) in [6.07, 6.45) is 2.17. The number of carbonyl (C=O) groups excluding carboxylic acids is 1. The van der Waals surface area contributed by atoms with Gasteiger partial charge in [-0.1, -0.05) is 30.0 Å². The van der Waals surface area contributed by atoms with Crippen LogP contribution in [0, 0.1) is 10.1 Å². The molecule has 1 heterocycles. The van der Waals surface area contributed by atoms with Crippen molar-refractivity contribution in [2.75, 3.05) is 5.32 Å². The van der Waals surface area contributed by atoms with Crippen molar-refractivity contribution in [1.29, 1.82) is 0 Å². The fourth-order valence-electron chi connectivity index (χ4n) is 2.37. The fourth-order valence-corrected chi connectivity index (χ4v) is 3.71. The first kappa shape index (κ1) is 19.9. The molecule has 0 aliphatic rings. The van der Waals surface area contributed by atoms with E-state index >= 15 is 0 Å². The van der Waals surface area contributed by atoms with Crippen LogP contribution in [0.2, 0.25) is 0 Å². The van der Waals surface area contributed by atoms with Gasteiger partial charge in [-0.05, 0) is 23.8 Å². The van der Waals surface area contributed by atoms with E-state index < -0.39 is 16.6 Å². The van der Waals surface area contributed by atoms with Gasteiger partial charge in [0.15, 0.2) is 5.13 Å². The topological polar surface area (TPSA) is 85.1 Å². The lowest BCUT2D eigenvalue weighted by Gasteiger charge is -2.02. The number of hydrogen-bond donors (Lipinski definition) is 1. The molecule has 3 rings (SSSR count). The molecular weight excluding hydrogens is 408 g/mol. The van der Waals surface area contributed by atoms with Crippen LogP contribution >= 0.6 is 23.1 Å². The van der Waals surface area contributed by atoms with Crippen LogP contribution in [0.25, 0.3) is 0 Å². The van der Waals surface area contributed by atoms with Gasteiger partial charge in [0.1, 0.15) is 0 Å². The number of thiazole rings is 1. The van der Waals surface area contributed by atoms with Gasteiger partial charge in [0.2, 0.25) is 0 Å². The van der Waals surface area contributed by atoms with Crippen molar-refractivity contribution in [3.8, 4) is 0 Å². The highest BCUT2D eigenvalue weighted by Gasteiger charge is 2.13. The van der Waals surface area contributed by atoms with Crippen molar-refractivity contribution in [2.24, 2.45) is 0 Å². The highest BCUT2D eigenvalue weighted by Crippen LogP contribution is 2.27. The third kappa shape index (κ3) is 5.33. The van der Waals surface area contributed by atoms with E-state index in [1.165, 1.54) is 35.6 Å². The molecule has 0 aliphatic heterocycles. The molecule has 0 bridgehead atoms. The van der Waals surface area contributed by atoms with Crippen LogP contribution in [0.4, 0.5) is 19.6 Å². The van der Waals surface area contributed by atoms with Crippen LogP contribution < -0.4 is 5.32 Å². The number of hydrogen-bond acceptors (Lipinski definition) is 6. The Bertz CT molecular complexity index is 994. The molecule has 0 atom stereocenters. The zero-order valence-corrected chi connectivity index (χ0v) is 15.8. The molecule has 3 aromatic rings. The Labute approximate surface area is 166 Å². The zero-order valence-electron chi connectivity index (χ0n) is 14.2. The van der Waals surface area contributed by atoms with Crippen LogP contribution in [-0.2, 0) is 6.42 Å². The van der Waals surface area contributed by atoms with Crippen LogP contribution in [0.15, 0.2) is 59.6 Å². The molecule has 0 unspecified atom stereocenters. The minimum atomic E-state index is -2.45. The summed E-state index contributed by atoms with van der Waals surface area (Å²) >= 11 is 1.77. The van der Waals surface area contributed by atoms with Crippen LogP contribution in [0.3, 0.4) is 0 Å². The summed E-state index contributed by atoms with van der Waals surface area (Å²) < 4.78 is 24.7. The van der Waals surface area contributed by atoms with E-state index in [9.17, 15) is 23.7 Å². The Balaban J connectivity index is 1.63. The number of anilines is 1. The van der Waals surface area contributed by atoms with Crippen LogP contribution in [-0.4, -0.2) is 21.6 Å². The summed E-state index contributed by atoms with van der Waals surface area (Å²) in [5, 5.41) is 13.8. The molecule has 144 valence electrons. The number of benzene rings is 2. The van der Waals surface area contributed by atoms with Crippen molar-refractivity contribution >= 4 is 39.8 Å². The quantitative estimate of drug-likeness (QED) is 0.322. The molecule has 0 saturated heterocycles. The highest BCUT2D eigenvalue weighted by atomic mass is 32.2. The number of rotatable bonds is 7. The maximum absolute atomic E-state index is 12.3. The molecule has 0 spiro atoms. The maximum Gasteiger partial charge on any atom is 0.288 e. The number of nitrogens with zero attached hydrogens (tertiary/aromatic N) is 2. The molecule has 10 heteroatoms. The van der Waals surface area contributed by atoms with Crippen LogP contribution in [0.1, 0.15) is 20.8 Å². The maximum atomic E-state index is 12.3. The second kappa shape index (κ2) is 8.89. The molecule has 6 nitrogen and oxygen atoms in total. The minimum absolute atomic E-state index is 0.165. The number of nitro benzene ring substituents is 1. The van der Waals surface area contributed by atoms with Gasteiger partial charge in [0.25, 0.3) is 17.4 Å². The normalized spacial score (nSPS) is 10.8. The summed E-state index contributed by atoms with van der Waals surface area (Å²) in [7, 11) is 0. The van der Waals surface area contributed by atoms with E-state index in [1.54, 1.807) is 30.5 Å². The number of nitrogens with one attached hydrogen (secondary N) is 1. The Morgan fingerprint density at radius 2 is 2.00 bits per heavy atom. The molecule has 28 heavy (non-hydrogen) atoms. The molecule has 0 saturated carbocycles. The second-order valence-corrected chi connectivity index (χ2v) is 7.77. The van der Waals surface area contributed by atoms with E-state index in [2.05, 4.69) is 10.3 Å². The lowest BCUT2D eigenvalue weighted by molar-refractivity contribution is -0.384. The van der Waals surface area contributed by atoms with E-state index in [0.717, 1.165) is 10.4 Å². The predicted molar refractivity (Wildman–Crippen MR) is 104 cm³/mol. The predicted octanol–water partition coefficient (Wildman–Crippen LogP) is 5.21. The Morgan fingerprint density at radius 3 is 2.68 bits per heavy atom. The van der Waals surface area contributed by atoms with Gasteiger partial charge in [-0.3, -0.25) is 20.2 Å². The smallest absolute Gasteiger partial charge is 0.288 e. The number of halogens is 2. The van der Waals surface area contributed by atoms with Crippen molar-refractivity contribution in [3.05, 3.63) is 80.8 Å². The van der Waals surface area contributed by atoms with Crippen molar-refractivity contribution in [1.82, 2.24) is 4.98 Å². The lowest BCUT2D eigenvalue weighted by atomic mass is 10.1. The van der Waals surface area contributed by atoms with Crippen molar-refractivity contribution in [3.63, 3.8) is 0 Å². The Hall–Kier alpha value is -2.85. The van der Waals surface area contributed by atoms with E-state index in [1.807, 2.05) is 0 Å². The number of thioether (sulfide) groups is 1. The lowest BCUT2D eigenvalue weighted by Crippen LogP contribution is -2.11. The fraction of sp³-hybridized carbons (Fsp3) is 0.111. The largest absolute Gasteiger partial charge is 0.298 e. The van der Waals surface area contributed by atoms with Gasteiger partial charge in [0, 0.05) is 40.1 Å². The number of aromatic nitrogens is 1. The van der Waals surface area contributed by atoms with Gasteiger partial charge in [0.05, 0.1) is 4.92 Å². The third-order valence-electron chi connectivity index (χ3n) is 3.62. The number of carbonyl (C=O) groups is 1. The Kier molecular flexibility index (Phi) is 6.32. The third-order valence-corrected chi connectivity index (χ3v) is 5.26.